The van der Waals surface area contributed by atoms with Crippen molar-refractivity contribution >= 4 is 23.7 Å². The van der Waals surface area contributed by atoms with Crippen molar-refractivity contribution in [1.29, 1.82) is 0 Å². The normalized spacial score (nSPS) is 19.8. The lowest BCUT2D eigenvalue weighted by atomic mass is 9.76. The molecule has 222 valence electrons. The Hall–Kier alpha value is -4.36. The third-order valence-electron chi connectivity index (χ3n) is 7.09. The number of phenols is 1. The van der Waals surface area contributed by atoms with Gasteiger partial charge in [0.25, 0.3) is 0 Å². The van der Waals surface area contributed by atoms with E-state index in [1.807, 2.05) is 33.8 Å². The first-order valence-electron chi connectivity index (χ1n) is 13.9. The lowest BCUT2D eigenvalue weighted by Gasteiger charge is -2.36. The minimum absolute atomic E-state index is 0.0151. The molecule has 0 fully saturated rings. The summed E-state index contributed by atoms with van der Waals surface area (Å²) in [6.07, 6.45) is 10.6. The van der Waals surface area contributed by atoms with Gasteiger partial charge in [-0.15, -0.1) is 0 Å². The first-order valence-corrected chi connectivity index (χ1v) is 13.9. The number of benzene rings is 2. The second-order valence-corrected chi connectivity index (χ2v) is 10.9. The Morgan fingerprint density at radius 1 is 1.00 bits per heavy atom. The number of ketones is 2. The number of hydrogen-bond acceptors (Lipinski definition) is 7. The Kier molecular flexibility index (Phi) is 11.5. The molecular formula is C35H40O7. The summed E-state index contributed by atoms with van der Waals surface area (Å²) < 4.78 is 12.0. The molecule has 0 aliphatic heterocycles. The summed E-state index contributed by atoms with van der Waals surface area (Å²) in [6, 6.07) is 11.7. The summed E-state index contributed by atoms with van der Waals surface area (Å²) in [5.41, 5.74) is 3.24. The van der Waals surface area contributed by atoms with Gasteiger partial charge >= 0.3 is 0 Å². The molecule has 0 radical (unpaired) electrons. The zero-order valence-electron chi connectivity index (χ0n) is 24.8. The van der Waals surface area contributed by atoms with Gasteiger partial charge in [-0.3, -0.25) is 9.59 Å². The summed E-state index contributed by atoms with van der Waals surface area (Å²) in [4.78, 5) is 24.6. The largest absolute Gasteiger partial charge is 0.508 e. The zero-order valence-corrected chi connectivity index (χ0v) is 24.8. The van der Waals surface area contributed by atoms with E-state index >= 15 is 0 Å². The van der Waals surface area contributed by atoms with E-state index in [1.165, 1.54) is 31.4 Å². The predicted octanol–water partition coefficient (Wildman–Crippen LogP) is 6.77. The highest BCUT2D eigenvalue weighted by Crippen LogP contribution is 2.37. The standard InChI is InChI=1S/C35H40O7/c1-22(2)16-30(39)17-23(3)31-21-32(40)24(4)18-34(31)42-33-15-10-26(19-35(33)41-5)9-14-29(38)20-28(37)13-8-25-6-11-27(36)12-7-25/h6-16,18-20,23,31-32,34,36,38,40H,17,21H2,1-5H3/b13-8+,14-9-,29-20-/t23-,31+,32-,34-/m0/s1. The molecule has 0 heterocycles. The van der Waals surface area contributed by atoms with E-state index in [2.05, 4.69) is 0 Å². The van der Waals surface area contributed by atoms with Crippen molar-refractivity contribution in [3.05, 3.63) is 101 Å². The maximum absolute atomic E-state index is 12.5. The molecule has 0 saturated carbocycles. The average Bonchev–Trinajstić information content (AvgIpc) is 2.93. The van der Waals surface area contributed by atoms with Gasteiger partial charge in [0.05, 0.1) is 13.2 Å². The van der Waals surface area contributed by atoms with Crippen LogP contribution in [-0.4, -0.2) is 46.2 Å². The number of ether oxygens (including phenoxy) is 2. The van der Waals surface area contributed by atoms with Crippen LogP contribution in [0.4, 0.5) is 0 Å². The second-order valence-electron chi connectivity index (χ2n) is 10.9. The van der Waals surface area contributed by atoms with Crippen molar-refractivity contribution < 1.29 is 34.4 Å². The maximum Gasteiger partial charge on any atom is 0.182 e. The van der Waals surface area contributed by atoms with Crippen molar-refractivity contribution in [3.8, 4) is 17.2 Å². The smallest absolute Gasteiger partial charge is 0.182 e. The van der Waals surface area contributed by atoms with Gasteiger partial charge in [-0.1, -0.05) is 42.8 Å². The number of aliphatic hydroxyl groups is 2. The van der Waals surface area contributed by atoms with E-state index in [0.29, 0.717) is 29.9 Å². The second kappa shape index (κ2) is 15.0. The Balaban J connectivity index is 1.72. The van der Waals surface area contributed by atoms with E-state index in [-0.39, 0.29) is 41.0 Å². The van der Waals surface area contributed by atoms with Gasteiger partial charge in [-0.25, -0.2) is 0 Å². The van der Waals surface area contributed by atoms with Crippen LogP contribution >= 0.6 is 0 Å². The maximum atomic E-state index is 12.5. The van der Waals surface area contributed by atoms with Crippen molar-refractivity contribution in [1.82, 2.24) is 0 Å². The lowest BCUT2D eigenvalue weighted by Crippen LogP contribution is -2.38. The number of hydrogen-bond donors (Lipinski definition) is 3. The molecule has 7 nitrogen and oxygen atoms in total. The minimum Gasteiger partial charge on any atom is -0.508 e. The van der Waals surface area contributed by atoms with E-state index in [0.717, 1.165) is 22.8 Å². The summed E-state index contributed by atoms with van der Waals surface area (Å²) in [6.45, 7) is 7.67. The molecule has 7 heteroatoms. The third kappa shape index (κ3) is 9.63. The average molecular weight is 573 g/mol. The first kappa shape index (κ1) is 32.2. The molecule has 3 N–H and O–H groups in total. The number of carbonyl (C=O) groups is 2. The van der Waals surface area contributed by atoms with E-state index in [1.54, 1.807) is 48.6 Å². The molecule has 42 heavy (non-hydrogen) atoms. The molecule has 0 saturated heterocycles. The van der Waals surface area contributed by atoms with Gasteiger partial charge in [0.1, 0.15) is 17.6 Å². The number of methoxy groups -OCH3 is 1. The van der Waals surface area contributed by atoms with Crippen molar-refractivity contribution in [2.45, 2.75) is 52.7 Å². The Bertz CT molecular complexity index is 1410. The highest BCUT2D eigenvalue weighted by atomic mass is 16.5. The highest BCUT2D eigenvalue weighted by Gasteiger charge is 2.35. The summed E-state index contributed by atoms with van der Waals surface area (Å²) >= 11 is 0. The van der Waals surface area contributed by atoms with Crippen LogP contribution in [0.3, 0.4) is 0 Å². The van der Waals surface area contributed by atoms with Gasteiger partial charge < -0.3 is 24.8 Å². The van der Waals surface area contributed by atoms with Crippen LogP contribution < -0.4 is 9.47 Å². The Morgan fingerprint density at radius 2 is 1.67 bits per heavy atom. The van der Waals surface area contributed by atoms with Crippen LogP contribution in [0.1, 0.15) is 51.7 Å². The molecule has 0 spiro atoms. The molecule has 0 aromatic heterocycles. The molecule has 0 amide bonds. The topological polar surface area (TPSA) is 113 Å². The van der Waals surface area contributed by atoms with Gasteiger partial charge in [0.2, 0.25) is 0 Å². The fourth-order valence-electron chi connectivity index (χ4n) is 4.82. The Labute approximate surface area is 247 Å². The molecule has 3 rings (SSSR count). The van der Waals surface area contributed by atoms with E-state index in [4.69, 9.17) is 9.47 Å². The molecule has 2 aromatic carbocycles. The summed E-state index contributed by atoms with van der Waals surface area (Å²) in [7, 11) is 1.54. The van der Waals surface area contributed by atoms with Crippen LogP contribution in [0.15, 0.2) is 89.8 Å². The SMILES string of the molecule is COc1cc(/C=C\C(O)=C\C(=O)/C=C/c2ccc(O)cc2)ccc1O[C@H]1C=C(C)[C@@H](O)C[C@@H]1[C@@H](C)CC(=O)C=C(C)C. The van der Waals surface area contributed by atoms with Crippen LogP contribution in [-0.2, 0) is 9.59 Å². The van der Waals surface area contributed by atoms with E-state index in [9.17, 15) is 24.9 Å². The summed E-state index contributed by atoms with van der Waals surface area (Å²) in [5.74, 6) is 0.502. The van der Waals surface area contributed by atoms with Crippen LogP contribution in [0.2, 0.25) is 0 Å². The van der Waals surface area contributed by atoms with Gasteiger partial charge in [-0.2, -0.15) is 0 Å². The molecule has 0 bridgehead atoms. The fraction of sp³-hybridized carbons (Fsp3) is 0.314. The number of carbonyl (C=O) groups excluding carboxylic acids is 2. The van der Waals surface area contributed by atoms with Crippen LogP contribution in [0.25, 0.3) is 12.2 Å². The van der Waals surface area contributed by atoms with Crippen molar-refractivity contribution in [2.75, 3.05) is 7.11 Å². The molecule has 2 aromatic rings. The quantitative estimate of drug-likeness (QED) is 0.111. The van der Waals surface area contributed by atoms with Crippen LogP contribution in [0, 0.1) is 11.8 Å². The van der Waals surface area contributed by atoms with Gasteiger partial charge in [0.15, 0.2) is 23.1 Å². The fourth-order valence-corrected chi connectivity index (χ4v) is 4.82. The number of rotatable bonds is 12. The number of phenolic OH excluding ortho intramolecular Hbond substituents is 1. The molecule has 1 aliphatic carbocycles. The minimum atomic E-state index is -0.582. The number of allylic oxidation sites excluding steroid dienone is 5. The summed E-state index contributed by atoms with van der Waals surface area (Å²) in [5, 5.41) is 30.1. The number of aromatic hydroxyl groups is 1. The molecular weight excluding hydrogens is 532 g/mol. The number of aliphatic hydroxyl groups excluding tert-OH is 2. The first-order chi connectivity index (χ1) is 19.9. The zero-order chi connectivity index (χ0) is 30.8. The van der Waals surface area contributed by atoms with Crippen molar-refractivity contribution in [2.24, 2.45) is 11.8 Å². The van der Waals surface area contributed by atoms with Crippen molar-refractivity contribution in [3.63, 3.8) is 0 Å². The predicted molar refractivity (Wildman–Crippen MR) is 165 cm³/mol. The molecule has 0 unspecified atom stereocenters. The Morgan fingerprint density at radius 3 is 2.33 bits per heavy atom. The monoisotopic (exact) mass is 572 g/mol. The van der Waals surface area contributed by atoms with Gasteiger partial charge in [0, 0.05) is 18.4 Å². The molecule has 4 atom stereocenters. The highest BCUT2D eigenvalue weighted by molar-refractivity contribution is 6.02. The van der Waals surface area contributed by atoms with E-state index < -0.39 is 6.10 Å². The molecule has 1 aliphatic rings. The third-order valence-corrected chi connectivity index (χ3v) is 7.09. The van der Waals surface area contributed by atoms with Crippen LogP contribution in [0.5, 0.6) is 17.2 Å². The lowest BCUT2D eigenvalue weighted by molar-refractivity contribution is -0.116. The van der Waals surface area contributed by atoms with Gasteiger partial charge in [-0.05, 0) is 98.4 Å².